The van der Waals surface area contributed by atoms with Gasteiger partial charge in [-0.05, 0) is 24.5 Å². The van der Waals surface area contributed by atoms with Crippen LogP contribution in [0.2, 0.25) is 0 Å². The van der Waals surface area contributed by atoms with E-state index in [1.54, 1.807) is 0 Å². The molecule has 0 saturated carbocycles. The van der Waals surface area contributed by atoms with Gasteiger partial charge in [0, 0.05) is 5.41 Å². The number of carbonyl (C=O) groups is 1. The average Bonchev–Trinajstić information content (AvgIpc) is 2.28. The number of benzene rings is 1. The van der Waals surface area contributed by atoms with Crippen LogP contribution in [0.15, 0.2) is 18.2 Å². The van der Waals surface area contributed by atoms with Crippen LogP contribution in [0.4, 0.5) is 5.69 Å². The van der Waals surface area contributed by atoms with Crippen molar-refractivity contribution < 1.29 is 9.53 Å². The second-order valence-electron chi connectivity index (χ2n) is 5.45. The molecule has 0 unspecified atom stereocenters. The van der Waals surface area contributed by atoms with E-state index in [0.717, 1.165) is 30.9 Å². The van der Waals surface area contributed by atoms with Crippen LogP contribution in [0.1, 0.15) is 32.8 Å². The minimum Gasteiger partial charge on any atom is -0.491 e. The number of carbonyl (C=O) groups excluding carboxylic acids is 1. The minimum absolute atomic E-state index is 0.0140. The fourth-order valence-corrected chi connectivity index (χ4v) is 1.80. The van der Waals surface area contributed by atoms with Crippen molar-refractivity contribution in [2.75, 3.05) is 11.9 Å². The van der Waals surface area contributed by atoms with Gasteiger partial charge < -0.3 is 10.1 Å². The molecule has 1 aliphatic rings. The summed E-state index contributed by atoms with van der Waals surface area (Å²) in [4.78, 5) is 12.0. The summed E-state index contributed by atoms with van der Waals surface area (Å²) >= 11 is 0. The summed E-state index contributed by atoms with van der Waals surface area (Å²) < 4.78 is 5.65. The average molecular weight is 233 g/mol. The molecule has 1 aromatic rings. The lowest BCUT2D eigenvalue weighted by Crippen LogP contribution is -2.28. The van der Waals surface area contributed by atoms with E-state index in [-0.39, 0.29) is 5.91 Å². The summed E-state index contributed by atoms with van der Waals surface area (Å²) in [5.41, 5.74) is 1.59. The predicted octanol–water partition coefficient (Wildman–Crippen LogP) is 3.00. The second kappa shape index (κ2) is 4.40. The van der Waals surface area contributed by atoms with Crippen LogP contribution in [0, 0.1) is 5.41 Å². The summed E-state index contributed by atoms with van der Waals surface area (Å²) in [6.45, 7) is 6.44. The number of rotatable bonds is 1. The number of hydrogen-bond acceptors (Lipinski definition) is 2. The van der Waals surface area contributed by atoms with Crippen LogP contribution in [-0.2, 0) is 11.2 Å². The highest BCUT2D eigenvalue weighted by molar-refractivity contribution is 5.96. The molecule has 0 aliphatic carbocycles. The van der Waals surface area contributed by atoms with E-state index in [9.17, 15) is 4.79 Å². The Labute approximate surface area is 102 Å². The third kappa shape index (κ3) is 2.60. The van der Waals surface area contributed by atoms with Crippen molar-refractivity contribution in [2.24, 2.45) is 5.41 Å². The Hall–Kier alpha value is -1.51. The first-order valence-electron chi connectivity index (χ1n) is 6.04. The van der Waals surface area contributed by atoms with Gasteiger partial charge in [0.25, 0.3) is 0 Å². The molecule has 1 aromatic carbocycles. The Bertz CT molecular complexity index is 432. The van der Waals surface area contributed by atoms with Crippen LogP contribution in [-0.4, -0.2) is 12.5 Å². The number of amides is 1. The van der Waals surface area contributed by atoms with E-state index >= 15 is 0 Å². The number of para-hydroxylation sites is 1. The molecule has 0 spiro atoms. The lowest BCUT2D eigenvalue weighted by molar-refractivity contribution is -0.123. The van der Waals surface area contributed by atoms with Crippen molar-refractivity contribution in [2.45, 2.75) is 33.6 Å². The van der Waals surface area contributed by atoms with Crippen molar-refractivity contribution in [3.8, 4) is 5.75 Å². The summed E-state index contributed by atoms with van der Waals surface area (Å²) in [5.74, 6) is 0.858. The number of nitrogens with one attached hydrogen (secondary N) is 1. The maximum absolute atomic E-state index is 12.0. The SMILES string of the molecule is CC(C)(C)C(=O)Nc1cccc2c1OCCC2. The lowest BCUT2D eigenvalue weighted by atomic mass is 9.95. The van der Waals surface area contributed by atoms with Crippen LogP contribution < -0.4 is 10.1 Å². The van der Waals surface area contributed by atoms with E-state index in [1.165, 1.54) is 5.56 Å². The van der Waals surface area contributed by atoms with Gasteiger partial charge in [-0.1, -0.05) is 32.9 Å². The predicted molar refractivity (Wildman–Crippen MR) is 68.3 cm³/mol. The number of anilines is 1. The molecule has 17 heavy (non-hydrogen) atoms. The second-order valence-corrected chi connectivity index (χ2v) is 5.45. The molecule has 0 aromatic heterocycles. The van der Waals surface area contributed by atoms with Crippen molar-refractivity contribution in [1.82, 2.24) is 0 Å². The van der Waals surface area contributed by atoms with E-state index in [2.05, 4.69) is 11.4 Å². The quantitative estimate of drug-likeness (QED) is 0.809. The topological polar surface area (TPSA) is 38.3 Å². The van der Waals surface area contributed by atoms with E-state index in [1.807, 2.05) is 32.9 Å². The Morgan fingerprint density at radius 1 is 1.35 bits per heavy atom. The zero-order valence-corrected chi connectivity index (χ0v) is 10.7. The van der Waals surface area contributed by atoms with Gasteiger partial charge >= 0.3 is 0 Å². The molecule has 0 bridgehead atoms. The smallest absolute Gasteiger partial charge is 0.229 e. The van der Waals surface area contributed by atoms with Gasteiger partial charge in [-0.25, -0.2) is 0 Å². The van der Waals surface area contributed by atoms with Gasteiger partial charge in [-0.15, -0.1) is 0 Å². The van der Waals surface area contributed by atoms with Gasteiger partial charge in [0.15, 0.2) is 0 Å². The molecule has 0 radical (unpaired) electrons. The Kier molecular flexibility index (Phi) is 3.09. The van der Waals surface area contributed by atoms with Crippen LogP contribution in [0.3, 0.4) is 0 Å². The molecule has 3 nitrogen and oxygen atoms in total. The van der Waals surface area contributed by atoms with Gasteiger partial charge in [0.1, 0.15) is 5.75 Å². The first kappa shape index (κ1) is 12.0. The number of fused-ring (bicyclic) bond motifs is 1. The van der Waals surface area contributed by atoms with Gasteiger partial charge in [-0.3, -0.25) is 4.79 Å². The summed E-state index contributed by atoms with van der Waals surface area (Å²) in [6, 6.07) is 5.92. The Balaban J connectivity index is 2.25. The first-order chi connectivity index (χ1) is 7.98. The third-order valence-electron chi connectivity index (χ3n) is 2.86. The summed E-state index contributed by atoms with van der Waals surface area (Å²) in [6.07, 6.45) is 2.07. The van der Waals surface area contributed by atoms with Crippen LogP contribution >= 0.6 is 0 Å². The largest absolute Gasteiger partial charge is 0.491 e. The standard InChI is InChI=1S/C14H19NO2/c1-14(2,3)13(16)15-11-8-4-6-10-7-5-9-17-12(10)11/h4,6,8H,5,7,9H2,1-3H3,(H,15,16). The maximum atomic E-state index is 12.0. The summed E-state index contributed by atoms with van der Waals surface area (Å²) in [7, 11) is 0. The Morgan fingerprint density at radius 2 is 2.12 bits per heavy atom. The molecular formula is C14H19NO2. The molecule has 0 fully saturated rings. The zero-order valence-electron chi connectivity index (χ0n) is 10.7. The van der Waals surface area contributed by atoms with E-state index < -0.39 is 5.41 Å². The number of ether oxygens (including phenoxy) is 1. The van der Waals surface area contributed by atoms with Gasteiger partial charge in [0.2, 0.25) is 5.91 Å². The third-order valence-corrected chi connectivity index (χ3v) is 2.86. The molecule has 92 valence electrons. The normalized spacial score (nSPS) is 14.8. The molecule has 0 saturated heterocycles. The molecule has 1 aliphatic heterocycles. The highest BCUT2D eigenvalue weighted by atomic mass is 16.5. The highest BCUT2D eigenvalue weighted by Gasteiger charge is 2.23. The molecule has 0 atom stereocenters. The molecule has 2 rings (SSSR count). The lowest BCUT2D eigenvalue weighted by Gasteiger charge is -2.23. The first-order valence-corrected chi connectivity index (χ1v) is 6.04. The summed E-state index contributed by atoms with van der Waals surface area (Å²) in [5, 5.41) is 2.95. The van der Waals surface area contributed by atoms with Crippen LogP contribution in [0.25, 0.3) is 0 Å². The van der Waals surface area contributed by atoms with Crippen molar-refractivity contribution in [3.63, 3.8) is 0 Å². The molecular weight excluding hydrogens is 214 g/mol. The number of aryl methyl sites for hydroxylation is 1. The Morgan fingerprint density at radius 3 is 2.82 bits per heavy atom. The molecule has 1 heterocycles. The molecule has 1 N–H and O–H groups in total. The maximum Gasteiger partial charge on any atom is 0.229 e. The fourth-order valence-electron chi connectivity index (χ4n) is 1.80. The van der Waals surface area contributed by atoms with Crippen molar-refractivity contribution >= 4 is 11.6 Å². The minimum atomic E-state index is -0.391. The monoisotopic (exact) mass is 233 g/mol. The van der Waals surface area contributed by atoms with Gasteiger partial charge in [0.05, 0.1) is 12.3 Å². The fraction of sp³-hybridized carbons (Fsp3) is 0.500. The number of hydrogen-bond donors (Lipinski definition) is 1. The highest BCUT2D eigenvalue weighted by Crippen LogP contribution is 2.33. The van der Waals surface area contributed by atoms with Crippen molar-refractivity contribution in [3.05, 3.63) is 23.8 Å². The van der Waals surface area contributed by atoms with Gasteiger partial charge in [-0.2, -0.15) is 0 Å². The van der Waals surface area contributed by atoms with E-state index in [0.29, 0.717) is 0 Å². The van der Waals surface area contributed by atoms with Crippen LogP contribution in [0.5, 0.6) is 5.75 Å². The molecule has 1 amide bonds. The van der Waals surface area contributed by atoms with Crippen molar-refractivity contribution in [1.29, 1.82) is 0 Å². The molecule has 3 heteroatoms. The zero-order chi connectivity index (χ0) is 12.5. The van der Waals surface area contributed by atoms with E-state index in [4.69, 9.17) is 4.74 Å².